The van der Waals surface area contributed by atoms with E-state index in [9.17, 15) is 5.11 Å². The van der Waals surface area contributed by atoms with Gasteiger partial charge in [-0.15, -0.1) is 11.3 Å². The van der Waals surface area contributed by atoms with E-state index >= 15 is 0 Å². The number of thiazole rings is 1. The molecule has 2 N–H and O–H groups in total. The van der Waals surface area contributed by atoms with E-state index in [0.29, 0.717) is 27.9 Å². The molecule has 1 aromatic carbocycles. The summed E-state index contributed by atoms with van der Waals surface area (Å²) in [5.74, 6) is 1.24. The van der Waals surface area contributed by atoms with Crippen molar-refractivity contribution in [3.63, 3.8) is 0 Å². The van der Waals surface area contributed by atoms with Crippen molar-refractivity contribution in [3.8, 4) is 17.3 Å². The molecular formula is C22H24N4OS. The molecular weight excluding hydrogens is 368 g/mol. The van der Waals surface area contributed by atoms with Crippen LogP contribution in [0.3, 0.4) is 0 Å². The predicted octanol–water partition coefficient (Wildman–Crippen LogP) is 5.21. The number of aromatic nitrogens is 1. The normalized spacial score (nSPS) is 20.6. The standard InChI is InChI=1S/C22H24N4OS/c1-14-20(27)19(21(24)26(14)12-16-5-3-2-4-6-16)22-25-18(13-28-22)17-9-7-15(11-23)8-10-17/h7-10,13-14,16,24,27H,2-6,12H2,1H3. The Kier molecular flexibility index (Phi) is 5.19. The number of hydrogen-bond donors (Lipinski definition) is 2. The van der Waals surface area contributed by atoms with Crippen molar-refractivity contribution in [1.29, 1.82) is 10.7 Å². The molecule has 28 heavy (non-hydrogen) atoms. The van der Waals surface area contributed by atoms with Crippen molar-refractivity contribution < 1.29 is 5.11 Å². The SMILES string of the molecule is CC1C(O)=C(c2nc(-c3ccc(C#N)cc3)cs2)C(=N)N1CC1CCCCC1. The van der Waals surface area contributed by atoms with Crippen LogP contribution in [-0.2, 0) is 0 Å². The molecule has 2 aliphatic rings. The number of nitriles is 1. The summed E-state index contributed by atoms with van der Waals surface area (Å²) in [4.78, 5) is 6.72. The monoisotopic (exact) mass is 392 g/mol. The zero-order chi connectivity index (χ0) is 19.7. The Morgan fingerprint density at radius 1 is 1.25 bits per heavy atom. The summed E-state index contributed by atoms with van der Waals surface area (Å²) < 4.78 is 0. The number of aliphatic hydroxyl groups excluding tert-OH is 1. The third kappa shape index (κ3) is 3.43. The van der Waals surface area contributed by atoms with Crippen LogP contribution < -0.4 is 0 Å². The molecule has 2 aromatic rings. The van der Waals surface area contributed by atoms with Gasteiger partial charge in [0.25, 0.3) is 0 Å². The van der Waals surface area contributed by atoms with Crippen molar-refractivity contribution in [2.45, 2.75) is 45.1 Å². The fraction of sp³-hybridized carbons (Fsp3) is 0.409. The van der Waals surface area contributed by atoms with E-state index in [2.05, 4.69) is 11.1 Å². The lowest BCUT2D eigenvalue weighted by molar-refractivity contribution is 0.228. The van der Waals surface area contributed by atoms with Gasteiger partial charge in [-0.05, 0) is 37.8 Å². The maximum Gasteiger partial charge on any atom is 0.135 e. The second-order valence-corrected chi connectivity index (χ2v) is 8.53. The summed E-state index contributed by atoms with van der Waals surface area (Å²) in [7, 11) is 0. The molecule has 0 saturated heterocycles. The number of amidine groups is 1. The minimum absolute atomic E-state index is 0.174. The molecule has 5 nitrogen and oxygen atoms in total. The molecule has 4 rings (SSSR count). The first-order valence-corrected chi connectivity index (χ1v) is 10.7. The van der Waals surface area contributed by atoms with Gasteiger partial charge in [-0.3, -0.25) is 5.41 Å². The summed E-state index contributed by atoms with van der Waals surface area (Å²) in [5.41, 5.74) is 2.91. The first kappa shape index (κ1) is 18.7. The van der Waals surface area contributed by atoms with Crippen LogP contribution in [0.5, 0.6) is 0 Å². The van der Waals surface area contributed by atoms with Crippen molar-refractivity contribution >= 4 is 22.7 Å². The van der Waals surface area contributed by atoms with Crippen LogP contribution >= 0.6 is 11.3 Å². The van der Waals surface area contributed by atoms with Gasteiger partial charge in [0.05, 0.1) is 28.9 Å². The highest BCUT2D eigenvalue weighted by molar-refractivity contribution is 7.11. The highest BCUT2D eigenvalue weighted by Crippen LogP contribution is 2.36. The molecule has 1 aliphatic carbocycles. The van der Waals surface area contributed by atoms with Crippen LogP contribution in [0.25, 0.3) is 16.8 Å². The van der Waals surface area contributed by atoms with E-state index in [-0.39, 0.29) is 11.8 Å². The molecule has 144 valence electrons. The van der Waals surface area contributed by atoms with E-state index in [0.717, 1.165) is 17.8 Å². The molecule has 2 heterocycles. The average molecular weight is 393 g/mol. The van der Waals surface area contributed by atoms with Gasteiger partial charge in [0.1, 0.15) is 16.6 Å². The quantitative estimate of drug-likeness (QED) is 0.748. The first-order chi connectivity index (χ1) is 13.6. The van der Waals surface area contributed by atoms with E-state index in [1.807, 2.05) is 29.3 Å². The number of rotatable bonds is 4. The Labute approximate surface area is 169 Å². The Morgan fingerprint density at radius 2 is 1.96 bits per heavy atom. The topological polar surface area (TPSA) is 84.0 Å². The van der Waals surface area contributed by atoms with Gasteiger partial charge in [0, 0.05) is 17.5 Å². The van der Waals surface area contributed by atoms with E-state index in [1.165, 1.54) is 43.4 Å². The third-order valence-electron chi connectivity index (χ3n) is 5.85. The van der Waals surface area contributed by atoms with Crippen LogP contribution in [0, 0.1) is 22.7 Å². The van der Waals surface area contributed by atoms with Gasteiger partial charge in [0.15, 0.2) is 0 Å². The molecule has 1 atom stereocenters. The maximum absolute atomic E-state index is 10.8. The van der Waals surface area contributed by atoms with Crippen LogP contribution in [0.2, 0.25) is 0 Å². The Morgan fingerprint density at radius 3 is 2.64 bits per heavy atom. The minimum Gasteiger partial charge on any atom is -0.509 e. The van der Waals surface area contributed by atoms with E-state index in [4.69, 9.17) is 10.7 Å². The predicted molar refractivity (Wildman–Crippen MR) is 112 cm³/mol. The lowest BCUT2D eigenvalue weighted by atomic mass is 9.89. The molecule has 6 heteroatoms. The molecule has 1 fully saturated rings. The van der Waals surface area contributed by atoms with Gasteiger partial charge in [-0.2, -0.15) is 5.26 Å². The molecule has 0 spiro atoms. The summed E-state index contributed by atoms with van der Waals surface area (Å²) in [5, 5.41) is 31.0. The average Bonchev–Trinajstić information content (AvgIpc) is 3.28. The molecule has 1 unspecified atom stereocenters. The lowest BCUT2D eigenvalue weighted by Gasteiger charge is -2.31. The Bertz CT molecular complexity index is 948. The molecule has 1 saturated carbocycles. The number of nitrogens with zero attached hydrogens (tertiary/aromatic N) is 3. The fourth-order valence-electron chi connectivity index (χ4n) is 4.16. The molecule has 0 amide bonds. The van der Waals surface area contributed by atoms with Crippen molar-refractivity contribution in [1.82, 2.24) is 9.88 Å². The Hall–Kier alpha value is -2.65. The van der Waals surface area contributed by atoms with Crippen LogP contribution in [0.4, 0.5) is 0 Å². The van der Waals surface area contributed by atoms with Gasteiger partial charge in [0.2, 0.25) is 0 Å². The van der Waals surface area contributed by atoms with Crippen molar-refractivity contribution in [2.75, 3.05) is 6.54 Å². The van der Waals surface area contributed by atoms with E-state index in [1.54, 1.807) is 12.1 Å². The van der Waals surface area contributed by atoms with Crippen LogP contribution in [0.15, 0.2) is 35.4 Å². The number of benzene rings is 1. The second-order valence-electron chi connectivity index (χ2n) is 7.67. The highest BCUT2D eigenvalue weighted by Gasteiger charge is 2.37. The van der Waals surface area contributed by atoms with Crippen LogP contribution in [-0.4, -0.2) is 33.4 Å². The maximum atomic E-state index is 10.8. The summed E-state index contributed by atoms with van der Waals surface area (Å²) in [6.45, 7) is 2.80. The molecule has 1 aliphatic heterocycles. The van der Waals surface area contributed by atoms with Crippen molar-refractivity contribution in [2.24, 2.45) is 5.92 Å². The smallest absolute Gasteiger partial charge is 0.135 e. The number of aliphatic hydroxyl groups is 1. The second kappa shape index (κ2) is 7.76. The lowest BCUT2D eigenvalue weighted by Crippen LogP contribution is -2.38. The van der Waals surface area contributed by atoms with Crippen molar-refractivity contribution in [3.05, 3.63) is 46.0 Å². The fourth-order valence-corrected chi connectivity index (χ4v) is 5.04. The largest absolute Gasteiger partial charge is 0.509 e. The van der Waals surface area contributed by atoms with E-state index < -0.39 is 0 Å². The highest BCUT2D eigenvalue weighted by atomic mass is 32.1. The number of nitrogens with one attached hydrogen (secondary N) is 1. The third-order valence-corrected chi connectivity index (χ3v) is 6.71. The zero-order valence-electron chi connectivity index (χ0n) is 16.0. The Balaban J connectivity index is 1.55. The summed E-state index contributed by atoms with van der Waals surface area (Å²) in [6.07, 6.45) is 6.29. The molecule has 1 aromatic heterocycles. The zero-order valence-corrected chi connectivity index (χ0v) is 16.8. The van der Waals surface area contributed by atoms with Gasteiger partial charge in [-0.1, -0.05) is 31.4 Å². The minimum atomic E-state index is -0.174. The van der Waals surface area contributed by atoms with Gasteiger partial charge < -0.3 is 10.0 Å². The number of hydrogen-bond acceptors (Lipinski definition) is 5. The van der Waals surface area contributed by atoms with Gasteiger partial charge in [-0.25, -0.2) is 4.98 Å². The van der Waals surface area contributed by atoms with Gasteiger partial charge >= 0.3 is 0 Å². The first-order valence-electron chi connectivity index (χ1n) is 9.83. The molecule has 0 bridgehead atoms. The molecule has 0 radical (unpaired) electrons. The summed E-state index contributed by atoms with van der Waals surface area (Å²) in [6, 6.07) is 9.25. The summed E-state index contributed by atoms with van der Waals surface area (Å²) >= 11 is 1.45. The van der Waals surface area contributed by atoms with Crippen LogP contribution in [0.1, 0.15) is 49.6 Å².